The third kappa shape index (κ3) is 6.26. The van der Waals surface area contributed by atoms with Crippen LogP contribution in [-0.2, 0) is 14.3 Å². The Kier molecular flexibility index (Phi) is 8.40. The van der Waals surface area contributed by atoms with Crippen LogP contribution < -0.4 is 5.32 Å². The molecule has 0 bridgehead atoms. The van der Waals surface area contributed by atoms with Gasteiger partial charge in [0.05, 0.1) is 6.61 Å². The molecule has 0 saturated heterocycles. The number of amides is 1. The van der Waals surface area contributed by atoms with Crippen molar-refractivity contribution in [1.29, 1.82) is 0 Å². The molecular formula is C12H23NO4. The van der Waals surface area contributed by atoms with Crippen LogP contribution in [0.1, 0.15) is 39.5 Å². The predicted molar refractivity (Wildman–Crippen MR) is 64.7 cm³/mol. The minimum Gasteiger partial charge on any atom is -0.480 e. The van der Waals surface area contributed by atoms with Gasteiger partial charge in [-0.15, -0.1) is 0 Å². The Bertz CT molecular complexity index is 237. The molecule has 0 aliphatic rings. The van der Waals surface area contributed by atoms with Crippen LogP contribution in [0.5, 0.6) is 0 Å². The lowest BCUT2D eigenvalue weighted by Gasteiger charge is -2.19. The molecule has 0 aromatic carbocycles. The van der Waals surface area contributed by atoms with E-state index in [1.54, 1.807) is 0 Å². The van der Waals surface area contributed by atoms with Crippen molar-refractivity contribution in [3.8, 4) is 0 Å². The van der Waals surface area contributed by atoms with E-state index in [0.717, 1.165) is 25.7 Å². The number of ether oxygens (including phenoxy) is 1. The van der Waals surface area contributed by atoms with Crippen molar-refractivity contribution in [2.24, 2.45) is 5.92 Å². The highest BCUT2D eigenvalue weighted by molar-refractivity contribution is 5.85. The Morgan fingerprint density at radius 3 is 2.12 bits per heavy atom. The second-order valence-electron chi connectivity index (χ2n) is 4.13. The summed E-state index contributed by atoms with van der Waals surface area (Å²) in [5.41, 5.74) is 0. The van der Waals surface area contributed by atoms with Crippen LogP contribution >= 0.6 is 0 Å². The van der Waals surface area contributed by atoms with E-state index >= 15 is 0 Å². The summed E-state index contributed by atoms with van der Waals surface area (Å²) >= 11 is 0. The lowest BCUT2D eigenvalue weighted by Crippen LogP contribution is -2.46. The minimum atomic E-state index is -1.06. The second-order valence-corrected chi connectivity index (χ2v) is 4.13. The minimum absolute atomic E-state index is 0.00789. The molecule has 17 heavy (non-hydrogen) atoms. The molecule has 0 saturated carbocycles. The maximum atomic E-state index is 11.9. The maximum absolute atomic E-state index is 11.9. The Hall–Kier alpha value is -1.10. The molecule has 0 aliphatic carbocycles. The van der Waals surface area contributed by atoms with Crippen LogP contribution in [-0.4, -0.2) is 36.7 Å². The number of carbonyl (C=O) groups is 2. The van der Waals surface area contributed by atoms with E-state index in [-0.39, 0.29) is 18.4 Å². The Labute approximate surface area is 103 Å². The highest BCUT2D eigenvalue weighted by Crippen LogP contribution is 2.13. The molecule has 5 nitrogen and oxygen atoms in total. The average molecular weight is 245 g/mol. The zero-order valence-electron chi connectivity index (χ0n) is 10.9. The standard InChI is InChI=1S/C12H23NO4/c1-4-6-9(7-5-2)11(14)13-10(8-17-3)12(15)16/h9-10H,4-8H2,1-3H3,(H,13,14)(H,15,16). The van der Waals surface area contributed by atoms with Crippen molar-refractivity contribution >= 4 is 11.9 Å². The fourth-order valence-corrected chi connectivity index (χ4v) is 1.73. The molecule has 2 N–H and O–H groups in total. The second kappa shape index (κ2) is 8.98. The van der Waals surface area contributed by atoms with Crippen molar-refractivity contribution in [1.82, 2.24) is 5.32 Å². The van der Waals surface area contributed by atoms with E-state index < -0.39 is 12.0 Å². The summed E-state index contributed by atoms with van der Waals surface area (Å²) in [6.07, 6.45) is 3.41. The van der Waals surface area contributed by atoms with Gasteiger partial charge in [-0.25, -0.2) is 4.79 Å². The van der Waals surface area contributed by atoms with Gasteiger partial charge in [-0.05, 0) is 12.8 Å². The van der Waals surface area contributed by atoms with Crippen LogP contribution in [0, 0.1) is 5.92 Å². The Morgan fingerprint density at radius 2 is 1.76 bits per heavy atom. The zero-order valence-corrected chi connectivity index (χ0v) is 10.9. The van der Waals surface area contributed by atoms with E-state index in [1.807, 2.05) is 13.8 Å². The molecule has 100 valence electrons. The summed E-state index contributed by atoms with van der Waals surface area (Å²) in [6, 6.07) is -0.955. The van der Waals surface area contributed by atoms with E-state index in [9.17, 15) is 9.59 Å². The molecule has 0 heterocycles. The predicted octanol–water partition coefficient (Wildman–Crippen LogP) is 1.42. The van der Waals surface area contributed by atoms with Gasteiger partial charge in [0.15, 0.2) is 6.04 Å². The maximum Gasteiger partial charge on any atom is 0.328 e. The quantitative estimate of drug-likeness (QED) is 0.644. The Morgan fingerprint density at radius 1 is 1.24 bits per heavy atom. The molecule has 0 aliphatic heterocycles. The highest BCUT2D eigenvalue weighted by Gasteiger charge is 2.24. The van der Waals surface area contributed by atoms with Crippen molar-refractivity contribution in [2.75, 3.05) is 13.7 Å². The van der Waals surface area contributed by atoms with Crippen molar-refractivity contribution in [3.63, 3.8) is 0 Å². The third-order valence-corrected chi connectivity index (χ3v) is 2.59. The van der Waals surface area contributed by atoms with Crippen LogP contribution in [0.15, 0.2) is 0 Å². The summed E-state index contributed by atoms with van der Waals surface area (Å²) in [4.78, 5) is 22.8. The average Bonchev–Trinajstić information content (AvgIpc) is 2.28. The summed E-state index contributed by atoms with van der Waals surface area (Å²) in [6.45, 7) is 4.02. The van der Waals surface area contributed by atoms with Crippen LogP contribution in [0.2, 0.25) is 0 Å². The fraction of sp³-hybridized carbons (Fsp3) is 0.833. The Balaban J connectivity index is 4.38. The van der Waals surface area contributed by atoms with Gasteiger partial charge in [-0.3, -0.25) is 4.79 Å². The molecule has 1 atom stereocenters. The number of carboxylic acids is 1. The SMILES string of the molecule is CCCC(CCC)C(=O)NC(COC)C(=O)O. The molecule has 5 heteroatoms. The first-order valence-corrected chi connectivity index (χ1v) is 6.08. The first-order valence-electron chi connectivity index (χ1n) is 6.08. The van der Waals surface area contributed by atoms with Crippen molar-refractivity contribution in [3.05, 3.63) is 0 Å². The summed E-state index contributed by atoms with van der Waals surface area (Å²) in [5, 5.41) is 11.4. The number of hydrogen-bond donors (Lipinski definition) is 2. The lowest BCUT2D eigenvalue weighted by atomic mass is 9.97. The smallest absolute Gasteiger partial charge is 0.328 e. The molecule has 1 unspecified atom stereocenters. The number of nitrogens with one attached hydrogen (secondary N) is 1. The molecule has 0 aromatic heterocycles. The summed E-state index contributed by atoms with van der Waals surface area (Å²) in [5.74, 6) is -1.34. The largest absolute Gasteiger partial charge is 0.480 e. The molecular weight excluding hydrogens is 222 g/mol. The molecule has 0 rings (SSSR count). The van der Waals surface area contributed by atoms with Crippen LogP contribution in [0.25, 0.3) is 0 Å². The van der Waals surface area contributed by atoms with Gasteiger partial charge in [0, 0.05) is 13.0 Å². The first kappa shape index (κ1) is 15.9. The highest BCUT2D eigenvalue weighted by atomic mass is 16.5. The van der Waals surface area contributed by atoms with Gasteiger partial charge in [-0.1, -0.05) is 26.7 Å². The van der Waals surface area contributed by atoms with Gasteiger partial charge < -0.3 is 15.2 Å². The molecule has 0 radical (unpaired) electrons. The zero-order chi connectivity index (χ0) is 13.3. The normalized spacial score (nSPS) is 12.5. The number of rotatable bonds is 9. The fourth-order valence-electron chi connectivity index (χ4n) is 1.73. The van der Waals surface area contributed by atoms with Crippen LogP contribution in [0.4, 0.5) is 0 Å². The van der Waals surface area contributed by atoms with Crippen LogP contribution in [0.3, 0.4) is 0 Å². The van der Waals surface area contributed by atoms with Gasteiger partial charge in [-0.2, -0.15) is 0 Å². The first-order chi connectivity index (χ1) is 8.06. The van der Waals surface area contributed by atoms with E-state index in [1.165, 1.54) is 7.11 Å². The van der Waals surface area contributed by atoms with Crippen molar-refractivity contribution < 1.29 is 19.4 Å². The van der Waals surface area contributed by atoms with E-state index in [0.29, 0.717) is 0 Å². The van der Waals surface area contributed by atoms with E-state index in [4.69, 9.17) is 9.84 Å². The third-order valence-electron chi connectivity index (χ3n) is 2.59. The summed E-state index contributed by atoms with van der Waals surface area (Å²) in [7, 11) is 1.41. The lowest BCUT2D eigenvalue weighted by molar-refractivity contribution is -0.144. The number of methoxy groups -OCH3 is 1. The van der Waals surface area contributed by atoms with Gasteiger partial charge in [0.2, 0.25) is 5.91 Å². The number of carboxylic acid groups (broad SMARTS) is 1. The van der Waals surface area contributed by atoms with Crippen molar-refractivity contribution in [2.45, 2.75) is 45.6 Å². The van der Waals surface area contributed by atoms with Gasteiger partial charge >= 0.3 is 5.97 Å². The monoisotopic (exact) mass is 245 g/mol. The molecule has 0 spiro atoms. The summed E-state index contributed by atoms with van der Waals surface area (Å²) < 4.78 is 4.77. The molecule has 0 aromatic rings. The van der Waals surface area contributed by atoms with Gasteiger partial charge in [0.1, 0.15) is 0 Å². The number of carbonyl (C=O) groups excluding carboxylic acids is 1. The van der Waals surface area contributed by atoms with Gasteiger partial charge in [0.25, 0.3) is 0 Å². The molecule has 0 fully saturated rings. The molecule has 1 amide bonds. The number of hydrogen-bond acceptors (Lipinski definition) is 3. The number of aliphatic carboxylic acids is 1. The topological polar surface area (TPSA) is 75.6 Å². The van der Waals surface area contributed by atoms with E-state index in [2.05, 4.69) is 5.32 Å².